The van der Waals surface area contributed by atoms with Gasteiger partial charge in [0, 0.05) is 19.4 Å². The topological polar surface area (TPSA) is 27.7 Å². The van der Waals surface area contributed by atoms with Gasteiger partial charge >= 0.3 is 0 Å². The smallest absolute Gasteiger partial charge is 0.171 e. The van der Waals surface area contributed by atoms with Gasteiger partial charge < -0.3 is 14.2 Å². The van der Waals surface area contributed by atoms with Crippen LogP contribution in [0.5, 0.6) is 0 Å². The summed E-state index contributed by atoms with van der Waals surface area (Å²) in [6, 6.07) is 0. The summed E-state index contributed by atoms with van der Waals surface area (Å²) in [4.78, 5) is 0. The summed E-state index contributed by atoms with van der Waals surface area (Å²) in [6.07, 6.45) is 14.3. The lowest BCUT2D eigenvalue weighted by atomic mass is 9.44. The highest BCUT2D eigenvalue weighted by molar-refractivity contribution is 5.15. The summed E-state index contributed by atoms with van der Waals surface area (Å²) >= 11 is 0. The van der Waals surface area contributed by atoms with Crippen LogP contribution in [0.2, 0.25) is 0 Å². The SMILES string of the molecule is CO[C@H]1CC[C@@]2(C)[C@H](CCC3[C@@H]2CC[C@]2(C)[C@@H]4[C@H](C[C@@H]32)O[C@]2(CC[C@H](C)CO2)[C@H]4C)C1. The molecular formula is C28H46O3. The van der Waals surface area contributed by atoms with Gasteiger partial charge in [0.15, 0.2) is 5.79 Å². The second-order valence-corrected chi connectivity index (χ2v) is 13.3. The van der Waals surface area contributed by atoms with Crippen molar-refractivity contribution < 1.29 is 14.2 Å². The van der Waals surface area contributed by atoms with Crippen molar-refractivity contribution in [1.82, 2.24) is 0 Å². The van der Waals surface area contributed by atoms with Crippen molar-refractivity contribution in [3.05, 3.63) is 0 Å². The Kier molecular flexibility index (Phi) is 4.97. The van der Waals surface area contributed by atoms with Crippen molar-refractivity contribution in [1.29, 1.82) is 0 Å². The summed E-state index contributed by atoms with van der Waals surface area (Å²) in [5.41, 5.74) is 1.00. The Morgan fingerprint density at radius 1 is 0.839 bits per heavy atom. The van der Waals surface area contributed by atoms with E-state index in [-0.39, 0.29) is 5.79 Å². The van der Waals surface area contributed by atoms with Crippen LogP contribution < -0.4 is 0 Å². The van der Waals surface area contributed by atoms with Gasteiger partial charge in [-0.1, -0.05) is 27.7 Å². The highest BCUT2D eigenvalue weighted by Gasteiger charge is 2.69. The molecule has 2 aliphatic heterocycles. The number of ether oxygens (including phenoxy) is 3. The molecule has 0 aromatic carbocycles. The molecule has 0 bridgehead atoms. The lowest BCUT2D eigenvalue weighted by Crippen LogP contribution is -2.55. The van der Waals surface area contributed by atoms with Crippen molar-refractivity contribution in [3.63, 3.8) is 0 Å². The third kappa shape index (κ3) is 2.88. The number of rotatable bonds is 1. The van der Waals surface area contributed by atoms with E-state index in [1.807, 2.05) is 7.11 Å². The van der Waals surface area contributed by atoms with Crippen LogP contribution in [0.4, 0.5) is 0 Å². The Hall–Kier alpha value is -0.120. The van der Waals surface area contributed by atoms with Gasteiger partial charge in [-0.15, -0.1) is 0 Å². The van der Waals surface area contributed by atoms with E-state index in [0.29, 0.717) is 40.8 Å². The van der Waals surface area contributed by atoms with Crippen LogP contribution in [0.15, 0.2) is 0 Å². The van der Waals surface area contributed by atoms with Crippen LogP contribution in [0.25, 0.3) is 0 Å². The van der Waals surface area contributed by atoms with Gasteiger partial charge in [0.1, 0.15) is 0 Å². The Morgan fingerprint density at radius 2 is 1.65 bits per heavy atom. The van der Waals surface area contributed by atoms with Gasteiger partial charge in [0.2, 0.25) is 0 Å². The Labute approximate surface area is 190 Å². The molecule has 0 radical (unpaired) electrons. The summed E-state index contributed by atoms with van der Waals surface area (Å²) in [7, 11) is 1.92. The highest BCUT2D eigenvalue weighted by atomic mass is 16.7. The third-order valence-electron chi connectivity index (χ3n) is 12.2. The maximum absolute atomic E-state index is 6.93. The van der Waals surface area contributed by atoms with Crippen LogP contribution in [0.3, 0.4) is 0 Å². The minimum atomic E-state index is -0.269. The van der Waals surface area contributed by atoms with E-state index in [9.17, 15) is 0 Å². The zero-order valence-electron chi connectivity index (χ0n) is 20.7. The molecule has 31 heavy (non-hydrogen) atoms. The monoisotopic (exact) mass is 430 g/mol. The first-order chi connectivity index (χ1) is 14.8. The Balaban J connectivity index is 1.24. The third-order valence-corrected chi connectivity index (χ3v) is 12.2. The molecule has 6 fully saturated rings. The van der Waals surface area contributed by atoms with E-state index in [4.69, 9.17) is 14.2 Å². The lowest BCUT2D eigenvalue weighted by Gasteiger charge is -2.61. The summed E-state index contributed by atoms with van der Waals surface area (Å²) in [6.45, 7) is 11.0. The summed E-state index contributed by atoms with van der Waals surface area (Å²) in [5.74, 6) is 5.25. The van der Waals surface area contributed by atoms with Crippen LogP contribution in [0.1, 0.15) is 91.9 Å². The summed E-state index contributed by atoms with van der Waals surface area (Å²) < 4.78 is 19.2. The fourth-order valence-corrected chi connectivity index (χ4v) is 10.5. The molecule has 4 saturated carbocycles. The molecule has 3 nitrogen and oxygen atoms in total. The molecule has 4 aliphatic carbocycles. The van der Waals surface area contributed by atoms with Gasteiger partial charge in [-0.3, -0.25) is 0 Å². The zero-order chi connectivity index (χ0) is 21.6. The average Bonchev–Trinajstić information content (AvgIpc) is 3.20. The molecule has 1 spiro atoms. The molecule has 6 aliphatic rings. The van der Waals surface area contributed by atoms with Crippen molar-refractivity contribution in [2.24, 2.45) is 52.3 Å². The van der Waals surface area contributed by atoms with Crippen LogP contribution in [-0.4, -0.2) is 31.7 Å². The molecule has 1 unspecified atom stereocenters. The zero-order valence-corrected chi connectivity index (χ0v) is 20.7. The van der Waals surface area contributed by atoms with Crippen LogP contribution in [-0.2, 0) is 14.2 Å². The van der Waals surface area contributed by atoms with Gasteiger partial charge in [0.05, 0.1) is 18.8 Å². The second-order valence-electron chi connectivity index (χ2n) is 13.3. The van der Waals surface area contributed by atoms with E-state index >= 15 is 0 Å². The Morgan fingerprint density at radius 3 is 2.39 bits per heavy atom. The maximum atomic E-state index is 6.93. The average molecular weight is 431 g/mol. The normalized spacial score (nSPS) is 60.9. The quantitative estimate of drug-likeness (QED) is 0.478. The highest BCUT2D eigenvalue weighted by Crippen LogP contribution is 2.71. The van der Waals surface area contributed by atoms with E-state index in [0.717, 1.165) is 36.7 Å². The molecule has 2 saturated heterocycles. The first kappa shape index (κ1) is 21.4. The molecule has 0 aromatic rings. The van der Waals surface area contributed by atoms with Gasteiger partial charge in [-0.2, -0.15) is 0 Å². The molecule has 0 aromatic heterocycles. The second kappa shape index (κ2) is 7.19. The Bertz CT molecular complexity index is 698. The van der Waals surface area contributed by atoms with Crippen molar-refractivity contribution >= 4 is 0 Å². The number of hydrogen-bond donors (Lipinski definition) is 0. The first-order valence-corrected chi connectivity index (χ1v) is 13.7. The molecule has 6 rings (SSSR count). The fourth-order valence-electron chi connectivity index (χ4n) is 10.5. The first-order valence-electron chi connectivity index (χ1n) is 13.7. The number of methoxy groups -OCH3 is 1. The molecule has 0 amide bonds. The largest absolute Gasteiger partial charge is 0.381 e. The lowest BCUT2D eigenvalue weighted by molar-refractivity contribution is -0.273. The van der Waals surface area contributed by atoms with Crippen LogP contribution >= 0.6 is 0 Å². The van der Waals surface area contributed by atoms with E-state index in [2.05, 4.69) is 27.7 Å². The number of fused-ring (bicyclic) bond motifs is 7. The molecule has 0 N–H and O–H groups in total. The van der Waals surface area contributed by atoms with Crippen molar-refractivity contribution in [2.75, 3.05) is 13.7 Å². The minimum Gasteiger partial charge on any atom is -0.381 e. The predicted molar refractivity (Wildman–Crippen MR) is 123 cm³/mol. The summed E-state index contributed by atoms with van der Waals surface area (Å²) in [5, 5.41) is 0. The molecule has 2 heterocycles. The van der Waals surface area contributed by atoms with Gasteiger partial charge in [-0.25, -0.2) is 0 Å². The van der Waals surface area contributed by atoms with Gasteiger partial charge in [0.25, 0.3) is 0 Å². The van der Waals surface area contributed by atoms with Gasteiger partial charge in [-0.05, 0) is 104 Å². The molecule has 176 valence electrons. The standard InChI is InChI=1S/C28H46O3/c1-17-8-13-28(30-16-17)18(2)25-24(31-28)15-23-21-7-6-19-14-20(29-5)9-11-26(19,3)22(21)10-12-27(23,25)4/h17-25H,6-16H2,1-5H3/t17-,18-,19+,20-,21?,22-,23-,24-,25-,26-,27-,28+/m0/s1. The van der Waals surface area contributed by atoms with E-state index < -0.39 is 0 Å². The molecular weight excluding hydrogens is 384 g/mol. The van der Waals surface area contributed by atoms with E-state index in [1.165, 1.54) is 57.8 Å². The van der Waals surface area contributed by atoms with Crippen molar-refractivity contribution in [2.45, 2.75) is 110 Å². The van der Waals surface area contributed by atoms with E-state index in [1.54, 1.807) is 0 Å². The molecule has 3 heteroatoms. The predicted octanol–water partition coefficient (Wildman–Crippen LogP) is 6.45. The number of hydrogen-bond acceptors (Lipinski definition) is 3. The minimum absolute atomic E-state index is 0.269. The maximum Gasteiger partial charge on any atom is 0.171 e. The van der Waals surface area contributed by atoms with Crippen LogP contribution in [0, 0.1) is 52.3 Å². The molecule has 12 atom stereocenters. The fraction of sp³-hybridized carbons (Fsp3) is 1.00. The van der Waals surface area contributed by atoms with Crippen molar-refractivity contribution in [3.8, 4) is 0 Å².